The molecule has 0 amide bonds. The summed E-state index contributed by atoms with van der Waals surface area (Å²) < 4.78 is 11.5. The third-order valence-corrected chi connectivity index (χ3v) is 2.25. The maximum Gasteiger partial charge on any atom is 0.408 e. The van der Waals surface area contributed by atoms with Gasteiger partial charge in [0.1, 0.15) is 0 Å². The van der Waals surface area contributed by atoms with Gasteiger partial charge >= 0.3 is 5.82 Å². The van der Waals surface area contributed by atoms with Crippen LogP contribution in [0.3, 0.4) is 0 Å². The van der Waals surface area contributed by atoms with Crippen molar-refractivity contribution in [1.29, 1.82) is 0 Å². The normalized spacial score (nSPS) is 10.7. The minimum absolute atomic E-state index is 0.0512. The average molecular weight is 264 g/mol. The van der Waals surface area contributed by atoms with Gasteiger partial charge in [-0.2, -0.15) is 4.68 Å². The second kappa shape index (κ2) is 7.21. The van der Waals surface area contributed by atoms with Crippen LogP contribution in [0.4, 0.5) is 5.82 Å². The molecule has 0 bridgehead atoms. The van der Waals surface area contributed by atoms with Gasteiger partial charge in [0.15, 0.2) is 5.02 Å². The molecule has 96 valence electrons. The molecule has 0 N–H and O–H groups in total. The van der Waals surface area contributed by atoms with E-state index in [1.165, 1.54) is 10.9 Å². The predicted octanol–water partition coefficient (Wildman–Crippen LogP) is 1.50. The van der Waals surface area contributed by atoms with Crippen LogP contribution in [0.2, 0.25) is 5.02 Å². The van der Waals surface area contributed by atoms with Crippen molar-refractivity contribution in [2.24, 2.45) is 0 Å². The Morgan fingerprint density at radius 2 is 2.29 bits per heavy atom. The van der Waals surface area contributed by atoms with Crippen molar-refractivity contribution >= 4 is 17.4 Å². The fourth-order valence-corrected chi connectivity index (χ4v) is 1.42. The zero-order valence-electron chi connectivity index (χ0n) is 9.47. The van der Waals surface area contributed by atoms with Gasteiger partial charge in [-0.05, 0) is 11.3 Å². The van der Waals surface area contributed by atoms with Gasteiger partial charge in [-0.15, -0.1) is 0 Å². The summed E-state index contributed by atoms with van der Waals surface area (Å²) in [7, 11) is 1.61. The molecular formula is C9H14ClN3O4. The summed E-state index contributed by atoms with van der Waals surface area (Å²) in [5.41, 5.74) is 0. The highest BCUT2D eigenvalue weighted by Gasteiger charge is 2.18. The lowest BCUT2D eigenvalue weighted by Crippen LogP contribution is -2.06. The molecule has 1 aromatic heterocycles. The molecule has 1 aromatic rings. The molecule has 0 radical (unpaired) electrons. The fraction of sp³-hybridized carbons (Fsp3) is 0.667. The lowest BCUT2D eigenvalue weighted by atomic mass is 10.4. The number of hydrogen-bond donors (Lipinski definition) is 0. The van der Waals surface area contributed by atoms with Gasteiger partial charge in [-0.25, -0.2) is 0 Å². The third-order valence-electron chi connectivity index (χ3n) is 1.98. The molecule has 8 heteroatoms. The molecule has 0 aromatic carbocycles. The predicted molar refractivity (Wildman–Crippen MR) is 61.2 cm³/mol. The highest BCUT2D eigenvalue weighted by atomic mass is 35.5. The van der Waals surface area contributed by atoms with Crippen LogP contribution in [-0.4, -0.2) is 41.6 Å². The van der Waals surface area contributed by atoms with E-state index in [2.05, 4.69) is 5.10 Å². The Labute approximate surface area is 103 Å². The summed E-state index contributed by atoms with van der Waals surface area (Å²) >= 11 is 5.65. The molecule has 0 aliphatic rings. The van der Waals surface area contributed by atoms with E-state index in [4.69, 9.17) is 21.1 Å². The van der Waals surface area contributed by atoms with E-state index in [-0.39, 0.29) is 10.8 Å². The van der Waals surface area contributed by atoms with Crippen molar-refractivity contribution < 1.29 is 14.4 Å². The number of methoxy groups -OCH3 is 1. The van der Waals surface area contributed by atoms with Gasteiger partial charge in [0.25, 0.3) is 0 Å². The van der Waals surface area contributed by atoms with Gasteiger partial charge in [0.05, 0.1) is 31.1 Å². The van der Waals surface area contributed by atoms with Crippen molar-refractivity contribution in [3.8, 4) is 0 Å². The summed E-state index contributed by atoms with van der Waals surface area (Å²) in [6.45, 7) is 2.17. The van der Waals surface area contributed by atoms with Crippen molar-refractivity contribution in [3.63, 3.8) is 0 Å². The van der Waals surface area contributed by atoms with E-state index in [0.717, 1.165) is 0 Å². The van der Waals surface area contributed by atoms with Crippen molar-refractivity contribution in [2.75, 3.05) is 26.9 Å². The summed E-state index contributed by atoms with van der Waals surface area (Å²) in [5, 5.41) is 14.3. The van der Waals surface area contributed by atoms with E-state index >= 15 is 0 Å². The first-order chi connectivity index (χ1) is 8.15. The molecular weight excluding hydrogens is 250 g/mol. The highest BCUT2D eigenvalue weighted by molar-refractivity contribution is 6.32. The number of aromatic nitrogens is 2. The van der Waals surface area contributed by atoms with Crippen LogP contribution < -0.4 is 0 Å². The molecule has 0 fully saturated rings. The first-order valence-corrected chi connectivity index (χ1v) is 5.47. The van der Waals surface area contributed by atoms with Crippen LogP contribution in [0.15, 0.2) is 6.20 Å². The zero-order chi connectivity index (χ0) is 12.7. The lowest BCUT2D eigenvalue weighted by molar-refractivity contribution is -0.389. The largest absolute Gasteiger partial charge is 0.408 e. The summed E-state index contributed by atoms with van der Waals surface area (Å²) in [4.78, 5) is 9.89. The molecule has 0 spiro atoms. The SMILES string of the molecule is COCCOCCCn1cc(Cl)c([N+](=O)[O-])n1. The number of halogens is 1. The first kappa shape index (κ1) is 13.9. The standard InChI is InChI=1S/C9H14ClN3O4/c1-16-5-6-17-4-2-3-12-7-8(10)9(11-12)13(14)15/h7H,2-6H2,1H3. The monoisotopic (exact) mass is 263 g/mol. The number of nitro groups is 1. The van der Waals surface area contributed by atoms with E-state index in [9.17, 15) is 10.1 Å². The van der Waals surface area contributed by atoms with E-state index in [1.807, 2.05) is 0 Å². The van der Waals surface area contributed by atoms with E-state index in [0.29, 0.717) is 32.8 Å². The Morgan fingerprint density at radius 1 is 1.53 bits per heavy atom. The van der Waals surface area contributed by atoms with E-state index < -0.39 is 4.92 Å². The molecule has 0 unspecified atom stereocenters. The second-order valence-corrected chi connectivity index (χ2v) is 3.69. The second-order valence-electron chi connectivity index (χ2n) is 3.28. The zero-order valence-corrected chi connectivity index (χ0v) is 10.2. The van der Waals surface area contributed by atoms with Gasteiger partial charge in [0, 0.05) is 13.7 Å². The van der Waals surface area contributed by atoms with Gasteiger partial charge in [-0.1, -0.05) is 11.6 Å². The Hall–Kier alpha value is -1.18. The highest BCUT2D eigenvalue weighted by Crippen LogP contribution is 2.21. The van der Waals surface area contributed by atoms with Crippen LogP contribution in [0, 0.1) is 10.1 Å². The topological polar surface area (TPSA) is 79.4 Å². The minimum atomic E-state index is -0.603. The number of nitrogens with zero attached hydrogens (tertiary/aromatic N) is 3. The molecule has 0 aliphatic heterocycles. The molecule has 1 rings (SSSR count). The molecule has 7 nitrogen and oxygen atoms in total. The quantitative estimate of drug-likeness (QED) is 0.403. The Bertz CT molecular complexity index is 369. The van der Waals surface area contributed by atoms with Crippen LogP contribution in [0.25, 0.3) is 0 Å². The summed E-state index contributed by atoms with van der Waals surface area (Å²) in [6.07, 6.45) is 2.15. The smallest absolute Gasteiger partial charge is 0.382 e. The molecule has 17 heavy (non-hydrogen) atoms. The number of rotatable bonds is 8. The Morgan fingerprint density at radius 3 is 2.88 bits per heavy atom. The van der Waals surface area contributed by atoms with Crippen molar-refractivity contribution in [3.05, 3.63) is 21.3 Å². The number of aryl methyl sites for hydroxylation is 1. The first-order valence-electron chi connectivity index (χ1n) is 5.09. The Kier molecular flexibility index (Phi) is 5.88. The number of ether oxygens (including phenoxy) is 2. The van der Waals surface area contributed by atoms with Gasteiger partial charge in [-0.3, -0.25) is 0 Å². The maximum absolute atomic E-state index is 10.5. The van der Waals surface area contributed by atoms with Gasteiger partial charge in [0.2, 0.25) is 0 Å². The van der Waals surface area contributed by atoms with Crippen LogP contribution in [0.5, 0.6) is 0 Å². The Balaban J connectivity index is 2.27. The summed E-state index contributed by atoms with van der Waals surface area (Å²) in [6, 6.07) is 0. The van der Waals surface area contributed by atoms with Crippen LogP contribution in [-0.2, 0) is 16.0 Å². The molecule has 0 saturated heterocycles. The van der Waals surface area contributed by atoms with Crippen molar-refractivity contribution in [1.82, 2.24) is 9.78 Å². The lowest BCUT2D eigenvalue weighted by Gasteiger charge is -2.01. The van der Waals surface area contributed by atoms with Crippen LogP contribution >= 0.6 is 11.6 Å². The number of hydrogen-bond acceptors (Lipinski definition) is 5. The van der Waals surface area contributed by atoms with Crippen LogP contribution in [0.1, 0.15) is 6.42 Å². The molecule has 0 saturated carbocycles. The molecule has 1 heterocycles. The minimum Gasteiger partial charge on any atom is -0.382 e. The van der Waals surface area contributed by atoms with E-state index in [1.54, 1.807) is 7.11 Å². The fourth-order valence-electron chi connectivity index (χ4n) is 1.20. The third kappa shape index (κ3) is 4.68. The van der Waals surface area contributed by atoms with Gasteiger partial charge < -0.3 is 19.6 Å². The average Bonchev–Trinajstić information content (AvgIpc) is 2.65. The molecule has 0 atom stereocenters. The summed E-state index contributed by atoms with van der Waals surface area (Å²) in [5.74, 6) is -0.313. The van der Waals surface area contributed by atoms with Crippen molar-refractivity contribution in [2.45, 2.75) is 13.0 Å². The molecule has 0 aliphatic carbocycles. The maximum atomic E-state index is 10.5.